The number of fused-ring (bicyclic) bond motifs is 3. The van der Waals surface area contributed by atoms with E-state index in [1.165, 1.54) is 23.4 Å². The normalized spacial score (nSPS) is 28.1. The molecule has 1 aliphatic carbocycles. The smallest absolute Gasteiger partial charge is 0.0823 e. The van der Waals surface area contributed by atoms with Crippen LogP contribution in [0.2, 0.25) is 0 Å². The first-order valence-electron chi connectivity index (χ1n) is 5.25. The van der Waals surface area contributed by atoms with Gasteiger partial charge in [0.15, 0.2) is 0 Å². The van der Waals surface area contributed by atoms with Gasteiger partial charge in [0.25, 0.3) is 0 Å². The van der Waals surface area contributed by atoms with Gasteiger partial charge in [-0.05, 0) is 23.8 Å². The Labute approximate surface area is 83.6 Å². The number of nitrogens with one attached hydrogen (secondary N) is 1. The summed E-state index contributed by atoms with van der Waals surface area (Å²) in [5.41, 5.74) is 4.17. The van der Waals surface area contributed by atoms with E-state index in [2.05, 4.69) is 29.0 Å². The van der Waals surface area contributed by atoms with Crippen LogP contribution < -0.4 is 0 Å². The largest absolute Gasteiger partial charge is 0.287 e. The Kier molecular flexibility index (Phi) is 1.45. The van der Waals surface area contributed by atoms with Gasteiger partial charge in [-0.3, -0.25) is 10.1 Å². The fourth-order valence-corrected chi connectivity index (χ4v) is 2.86. The van der Waals surface area contributed by atoms with Crippen molar-refractivity contribution in [2.24, 2.45) is 16.3 Å². The summed E-state index contributed by atoms with van der Waals surface area (Å²) in [5.74, 6) is 0.635. The van der Waals surface area contributed by atoms with Crippen LogP contribution >= 0.6 is 0 Å². The van der Waals surface area contributed by atoms with Crippen LogP contribution in [0.25, 0.3) is 0 Å². The maximum absolute atomic E-state index is 4.61. The highest BCUT2D eigenvalue weighted by Gasteiger charge is 2.42. The van der Waals surface area contributed by atoms with Gasteiger partial charge in [0.2, 0.25) is 0 Å². The number of aromatic amines is 1. The van der Waals surface area contributed by atoms with E-state index in [9.17, 15) is 0 Å². The molecule has 1 N–H and O–H groups in total. The summed E-state index contributed by atoms with van der Waals surface area (Å²) < 4.78 is 0. The Morgan fingerprint density at radius 2 is 2.36 bits per heavy atom. The van der Waals surface area contributed by atoms with Crippen LogP contribution in [0.15, 0.2) is 11.2 Å². The molecule has 3 heteroatoms. The minimum absolute atomic E-state index is 0.353. The molecule has 1 aliphatic heterocycles. The molecule has 3 rings (SSSR count). The number of hydrogen-bond acceptors (Lipinski definition) is 2. The Balaban J connectivity index is 2.17. The first-order chi connectivity index (χ1) is 6.68. The predicted molar refractivity (Wildman–Crippen MR) is 55.6 cm³/mol. The molecular weight excluding hydrogens is 174 g/mol. The first-order valence-corrected chi connectivity index (χ1v) is 5.25. The molecule has 74 valence electrons. The van der Waals surface area contributed by atoms with Gasteiger partial charge in [-0.15, -0.1) is 0 Å². The molecule has 3 nitrogen and oxygen atoms in total. The Bertz CT molecular complexity index is 400. The van der Waals surface area contributed by atoms with Crippen LogP contribution in [0, 0.1) is 11.3 Å². The highest BCUT2D eigenvalue weighted by molar-refractivity contribution is 6.04. The molecule has 2 aliphatic rings. The molecule has 0 saturated heterocycles. The zero-order valence-electron chi connectivity index (χ0n) is 8.67. The van der Waals surface area contributed by atoms with Gasteiger partial charge >= 0.3 is 0 Å². The van der Waals surface area contributed by atoms with E-state index in [-0.39, 0.29) is 0 Å². The minimum Gasteiger partial charge on any atom is -0.287 e. The van der Waals surface area contributed by atoms with Crippen molar-refractivity contribution in [2.45, 2.75) is 26.7 Å². The maximum Gasteiger partial charge on any atom is 0.0823 e. The number of aromatic nitrogens is 2. The molecular formula is C11H15N3. The molecule has 0 amide bonds. The summed E-state index contributed by atoms with van der Waals surface area (Å²) in [4.78, 5) is 4.61. The van der Waals surface area contributed by atoms with Gasteiger partial charge in [-0.1, -0.05) is 13.8 Å². The molecule has 1 aromatic rings. The van der Waals surface area contributed by atoms with Gasteiger partial charge in [-0.25, -0.2) is 0 Å². The third kappa shape index (κ3) is 0.925. The Morgan fingerprint density at radius 1 is 1.50 bits per heavy atom. The molecule has 0 bridgehead atoms. The maximum atomic E-state index is 4.61. The van der Waals surface area contributed by atoms with Crippen LogP contribution in [0.4, 0.5) is 0 Å². The minimum atomic E-state index is 0.353. The standard InChI is InChI=1S/C11H15N3/c1-11(2)5-7-6-13-14-9(7)10-8(11)3-4-12-10/h6,8H,3-5H2,1-2H3,(H,13,14). The number of nitrogens with zero attached hydrogens (tertiary/aromatic N) is 2. The Hall–Kier alpha value is -1.12. The number of rotatable bonds is 0. The second kappa shape index (κ2) is 2.47. The number of aliphatic imine (C=N–C) groups is 1. The molecule has 0 saturated carbocycles. The monoisotopic (exact) mass is 189 g/mol. The van der Waals surface area contributed by atoms with E-state index >= 15 is 0 Å². The van der Waals surface area contributed by atoms with Gasteiger partial charge in [0.05, 0.1) is 17.6 Å². The van der Waals surface area contributed by atoms with E-state index in [1.807, 2.05) is 6.20 Å². The molecule has 1 aromatic heterocycles. The Morgan fingerprint density at radius 3 is 3.21 bits per heavy atom. The summed E-state index contributed by atoms with van der Waals surface area (Å²) in [5, 5.41) is 7.21. The summed E-state index contributed by atoms with van der Waals surface area (Å²) in [7, 11) is 0. The second-order valence-corrected chi connectivity index (χ2v) is 5.04. The number of H-pyrrole nitrogens is 1. The van der Waals surface area contributed by atoms with Crippen molar-refractivity contribution in [3.05, 3.63) is 17.5 Å². The molecule has 0 spiro atoms. The van der Waals surface area contributed by atoms with E-state index in [4.69, 9.17) is 0 Å². The van der Waals surface area contributed by atoms with Gasteiger partial charge < -0.3 is 0 Å². The van der Waals surface area contributed by atoms with Gasteiger partial charge in [0.1, 0.15) is 0 Å². The topological polar surface area (TPSA) is 41.0 Å². The third-order valence-electron chi connectivity index (χ3n) is 3.59. The van der Waals surface area contributed by atoms with Crippen LogP contribution in [0.3, 0.4) is 0 Å². The summed E-state index contributed by atoms with van der Waals surface area (Å²) >= 11 is 0. The van der Waals surface area contributed by atoms with E-state index in [0.29, 0.717) is 11.3 Å². The van der Waals surface area contributed by atoms with Crippen molar-refractivity contribution in [1.82, 2.24) is 10.2 Å². The van der Waals surface area contributed by atoms with Crippen molar-refractivity contribution in [1.29, 1.82) is 0 Å². The molecule has 2 heterocycles. The lowest BCUT2D eigenvalue weighted by Gasteiger charge is -2.36. The highest BCUT2D eigenvalue weighted by Crippen LogP contribution is 2.43. The van der Waals surface area contributed by atoms with Gasteiger partial charge in [-0.2, -0.15) is 5.10 Å². The molecule has 14 heavy (non-hydrogen) atoms. The molecule has 0 aromatic carbocycles. The quantitative estimate of drug-likeness (QED) is 0.664. The van der Waals surface area contributed by atoms with Crippen LogP contribution in [0.5, 0.6) is 0 Å². The van der Waals surface area contributed by atoms with Crippen LogP contribution in [-0.4, -0.2) is 22.5 Å². The second-order valence-electron chi connectivity index (χ2n) is 5.04. The summed E-state index contributed by atoms with van der Waals surface area (Å²) in [6.07, 6.45) is 4.29. The van der Waals surface area contributed by atoms with Gasteiger partial charge in [0, 0.05) is 12.5 Å². The predicted octanol–water partition coefficient (Wildman–Crippen LogP) is 1.80. The van der Waals surface area contributed by atoms with Crippen LogP contribution in [-0.2, 0) is 6.42 Å². The lowest BCUT2D eigenvalue weighted by Crippen LogP contribution is -2.36. The summed E-state index contributed by atoms with van der Waals surface area (Å²) in [6.45, 7) is 5.67. The third-order valence-corrected chi connectivity index (χ3v) is 3.59. The zero-order chi connectivity index (χ0) is 9.76. The van der Waals surface area contributed by atoms with E-state index in [1.54, 1.807) is 0 Å². The summed E-state index contributed by atoms with van der Waals surface area (Å²) in [6, 6.07) is 0. The molecule has 0 fully saturated rings. The number of hydrogen-bond donors (Lipinski definition) is 1. The lowest BCUT2D eigenvalue weighted by molar-refractivity contribution is 0.267. The fourth-order valence-electron chi connectivity index (χ4n) is 2.86. The van der Waals surface area contributed by atoms with Crippen molar-refractivity contribution >= 4 is 5.71 Å². The van der Waals surface area contributed by atoms with Crippen molar-refractivity contribution in [2.75, 3.05) is 6.54 Å². The first kappa shape index (κ1) is 8.21. The highest BCUT2D eigenvalue weighted by atomic mass is 15.1. The molecule has 0 radical (unpaired) electrons. The molecule has 1 unspecified atom stereocenters. The van der Waals surface area contributed by atoms with Crippen LogP contribution in [0.1, 0.15) is 31.5 Å². The lowest BCUT2D eigenvalue weighted by atomic mass is 9.67. The van der Waals surface area contributed by atoms with E-state index < -0.39 is 0 Å². The van der Waals surface area contributed by atoms with Crippen molar-refractivity contribution in [3.8, 4) is 0 Å². The van der Waals surface area contributed by atoms with Crippen molar-refractivity contribution in [3.63, 3.8) is 0 Å². The average molecular weight is 189 g/mol. The SMILES string of the molecule is CC1(C)Cc2cn[nH]c2C2=NCCC21. The molecule has 1 atom stereocenters. The zero-order valence-corrected chi connectivity index (χ0v) is 8.67. The van der Waals surface area contributed by atoms with E-state index in [0.717, 1.165) is 13.0 Å². The average Bonchev–Trinajstić information content (AvgIpc) is 2.66. The fraction of sp³-hybridized carbons (Fsp3) is 0.636. The van der Waals surface area contributed by atoms with Crippen molar-refractivity contribution < 1.29 is 0 Å².